The van der Waals surface area contributed by atoms with Crippen molar-refractivity contribution >= 4 is 0 Å². The highest BCUT2D eigenvalue weighted by Crippen LogP contribution is 2.33. The van der Waals surface area contributed by atoms with Gasteiger partial charge in [-0.2, -0.15) is 31.3 Å². The Kier molecular flexibility index (Phi) is 6.13. The predicted molar refractivity (Wildman–Crippen MR) is 91.3 cm³/mol. The molecule has 0 amide bonds. The van der Waals surface area contributed by atoms with E-state index in [1.807, 2.05) is 0 Å². The topological polar surface area (TPSA) is 83.4 Å². The first kappa shape index (κ1) is 22.4. The van der Waals surface area contributed by atoms with Gasteiger partial charge in [0.25, 0.3) is 0 Å². The second-order valence-electron chi connectivity index (χ2n) is 6.44. The Balaban J connectivity index is 1.55. The van der Waals surface area contributed by atoms with Gasteiger partial charge in [0, 0.05) is 12.0 Å². The molecule has 0 bridgehead atoms. The maximum atomic E-state index is 12.6. The van der Waals surface area contributed by atoms with Crippen molar-refractivity contribution in [3.8, 4) is 23.1 Å². The number of benzene rings is 1. The third kappa shape index (κ3) is 5.47. The summed E-state index contributed by atoms with van der Waals surface area (Å²) < 4.78 is 94.6. The lowest BCUT2D eigenvalue weighted by molar-refractivity contribution is -0.159. The molecule has 2 heterocycles. The van der Waals surface area contributed by atoms with E-state index in [1.165, 1.54) is 0 Å². The molecule has 0 aliphatic rings. The monoisotopic (exact) mass is 451 g/mol. The van der Waals surface area contributed by atoms with Crippen LogP contribution in [0.5, 0.6) is 11.7 Å². The summed E-state index contributed by atoms with van der Waals surface area (Å²) in [4.78, 5) is 3.35. The zero-order valence-electron chi connectivity index (χ0n) is 16.1. The van der Waals surface area contributed by atoms with Crippen LogP contribution < -0.4 is 9.47 Å². The molecule has 3 aromatic rings. The molecule has 13 heteroatoms. The number of rotatable bonds is 7. The summed E-state index contributed by atoms with van der Waals surface area (Å²) in [7, 11) is 0. The molecule has 0 radical (unpaired) electrons. The fourth-order valence-corrected chi connectivity index (χ4v) is 2.63. The summed E-state index contributed by atoms with van der Waals surface area (Å²) in [5, 5.41) is 6.22. The van der Waals surface area contributed by atoms with Crippen molar-refractivity contribution < 1.29 is 44.9 Å². The first-order valence-electron chi connectivity index (χ1n) is 8.77. The molecule has 3 rings (SSSR count). The molecule has 0 spiro atoms. The zero-order valence-corrected chi connectivity index (χ0v) is 16.1. The summed E-state index contributed by atoms with van der Waals surface area (Å²) in [5.41, 5.74) is 0.392. The van der Waals surface area contributed by atoms with E-state index in [9.17, 15) is 26.3 Å². The molecule has 0 saturated heterocycles. The van der Waals surface area contributed by atoms with Gasteiger partial charge < -0.3 is 18.5 Å². The average molecular weight is 451 g/mol. The van der Waals surface area contributed by atoms with Gasteiger partial charge in [0.15, 0.2) is 5.69 Å². The van der Waals surface area contributed by atoms with E-state index in [4.69, 9.17) is 9.47 Å². The van der Waals surface area contributed by atoms with Crippen LogP contribution in [0.3, 0.4) is 0 Å². The number of alkyl halides is 6. The molecule has 1 aromatic carbocycles. The van der Waals surface area contributed by atoms with Gasteiger partial charge in [-0.25, -0.2) is 0 Å². The van der Waals surface area contributed by atoms with Crippen LogP contribution in [-0.2, 0) is 12.4 Å². The molecule has 0 saturated carbocycles. The molecule has 0 unspecified atom stereocenters. The maximum absolute atomic E-state index is 12.6. The average Bonchev–Trinajstić information content (AvgIpc) is 3.32. The second kappa shape index (κ2) is 8.47. The molecule has 2 aromatic heterocycles. The smallest absolute Gasteiger partial charge is 0.471 e. The highest BCUT2D eigenvalue weighted by atomic mass is 19.4. The third-order valence-electron chi connectivity index (χ3n) is 3.95. The number of aryl methyl sites for hydroxylation is 2. The fraction of sp³-hybridized carbons (Fsp3) is 0.389. The van der Waals surface area contributed by atoms with Crippen LogP contribution in [0.4, 0.5) is 26.3 Å². The summed E-state index contributed by atoms with van der Waals surface area (Å²) in [6.07, 6.45) is -9.03. The largest absolute Gasteiger partial charge is 0.493 e. The zero-order chi connectivity index (χ0) is 22.8. The van der Waals surface area contributed by atoms with Crippen LogP contribution in [-0.4, -0.2) is 28.5 Å². The van der Waals surface area contributed by atoms with Gasteiger partial charge in [0.05, 0.1) is 19.3 Å². The van der Waals surface area contributed by atoms with Crippen LogP contribution >= 0.6 is 0 Å². The predicted octanol–water partition coefficient (Wildman–Crippen LogP) is 5.23. The second-order valence-corrected chi connectivity index (χ2v) is 6.44. The highest BCUT2D eigenvalue weighted by molar-refractivity contribution is 5.61. The highest BCUT2D eigenvalue weighted by Gasteiger charge is 2.38. The molecular formula is C18H15F6N3O4. The lowest BCUT2D eigenvalue weighted by Crippen LogP contribution is -2.07. The molecule has 168 valence electrons. The van der Waals surface area contributed by atoms with Crippen LogP contribution in [0.1, 0.15) is 29.1 Å². The van der Waals surface area contributed by atoms with Gasteiger partial charge in [-0.05, 0) is 37.1 Å². The summed E-state index contributed by atoms with van der Waals surface area (Å²) in [6.45, 7) is 3.58. The number of aromatic nitrogens is 3. The molecule has 0 N–H and O–H groups in total. The van der Waals surface area contributed by atoms with E-state index < -0.39 is 23.9 Å². The van der Waals surface area contributed by atoms with E-state index in [-0.39, 0.29) is 25.0 Å². The van der Waals surface area contributed by atoms with Gasteiger partial charge in [-0.1, -0.05) is 10.3 Å². The van der Waals surface area contributed by atoms with Crippen molar-refractivity contribution in [2.45, 2.75) is 32.6 Å². The molecule has 7 nitrogen and oxygen atoms in total. The molecule has 0 aliphatic carbocycles. The Bertz CT molecular complexity index is 1020. The van der Waals surface area contributed by atoms with E-state index in [2.05, 4.69) is 24.3 Å². The maximum Gasteiger partial charge on any atom is 0.471 e. The van der Waals surface area contributed by atoms with Crippen molar-refractivity contribution in [2.75, 3.05) is 13.2 Å². The molecule has 0 atom stereocenters. The van der Waals surface area contributed by atoms with Gasteiger partial charge in [0.1, 0.15) is 5.75 Å². The molecule has 0 aliphatic heterocycles. The van der Waals surface area contributed by atoms with E-state index >= 15 is 0 Å². The normalized spacial score (nSPS) is 12.3. The van der Waals surface area contributed by atoms with Gasteiger partial charge in [0.2, 0.25) is 5.82 Å². The minimum absolute atomic E-state index is 0.0196. The fourth-order valence-electron chi connectivity index (χ4n) is 2.63. The van der Waals surface area contributed by atoms with E-state index in [0.717, 1.165) is 0 Å². The minimum Gasteiger partial charge on any atom is -0.493 e. The minimum atomic E-state index is -4.74. The van der Waals surface area contributed by atoms with Crippen molar-refractivity contribution in [1.29, 1.82) is 0 Å². The number of nitrogens with zero attached hydrogens (tertiary/aromatic N) is 3. The standard InChI is InChI=1S/C18H15F6N3O4/c1-9-6-11(15-25-16(31-27-15)18(22,23)24)7-10(2)14(9)29-5-3-4-28-13-8-12(26-30-13)17(19,20)21/h6-8H,3-5H2,1-2H3. The van der Waals surface area contributed by atoms with Crippen LogP contribution in [0, 0.1) is 13.8 Å². The Hall–Kier alpha value is -3.25. The summed E-state index contributed by atoms with van der Waals surface area (Å²) >= 11 is 0. The SMILES string of the molecule is Cc1cc(-c2noc(C(F)(F)F)n2)cc(C)c1OCCCOc1cc(C(F)(F)F)no1. The first-order chi connectivity index (χ1) is 14.4. The first-order valence-corrected chi connectivity index (χ1v) is 8.77. The van der Waals surface area contributed by atoms with Crippen LogP contribution in [0.15, 0.2) is 27.2 Å². The van der Waals surface area contributed by atoms with E-state index in [0.29, 0.717) is 34.9 Å². The van der Waals surface area contributed by atoms with Gasteiger partial charge in [-0.15, -0.1) is 0 Å². The van der Waals surface area contributed by atoms with Crippen molar-refractivity contribution in [3.63, 3.8) is 0 Å². The third-order valence-corrected chi connectivity index (χ3v) is 3.95. The lowest BCUT2D eigenvalue weighted by Gasteiger charge is -2.13. The van der Waals surface area contributed by atoms with E-state index in [1.54, 1.807) is 26.0 Å². The van der Waals surface area contributed by atoms with Crippen molar-refractivity contribution in [3.05, 3.63) is 40.9 Å². The Labute approximate surface area is 170 Å². The van der Waals surface area contributed by atoms with Gasteiger partial charge >= 0.3 is 24.2 Å². The lowest BCUT2D eigenvalue weighted by atomic mass is 10.1. The molecule has 31 heavy (non-hydrogen) atoms. The summed E-state index contributed by atoms with van der Waals surface area (Å²) in [5.74, 6) is -1.50. The summed E-state index contributed by atoms with van der Waals surface area (Å²) in [6, 6.07) is 3.75. The Morgan fingerprint density at radius 2 is 1.48 bits per heavy atom. The van der Waals surface area contributed by atoms with Gasteiger partial charge in [-0.3, -0.25) is 0 Å². The number of ether oxygens (including phenoxy) is 2. The Morgan fingerprint density at radius 3 is 2.03 bits per heavy atom. The Morgan fingerprint density at radius 1 is 0.839 bits per heavy atom. The molecular weight excluding hydrogens is 436 g/mol. The van der Waals surface area contributed by atoms with Crippen LogP contribution in [0.2, 0.25) is 0 Å². The number of halogens is 6. The molecule has 0 fully saturated rings. The van der Waals surface area contributed by atoms with Crippen LogP contribution in [0.25, 0.3) is 11.4 Å². The number of hydrogen-bond acceptors (Lipinski definition) is 7. The number of hydrogen-bond donors (Lipinski definition) is 0. The van der Waals surface area contributed by atoms with Crippen molar-refractivity contribution in [2.24, 2.45) is 0 Å². The van der Waals surface area contributed by atoms with Crippen molar-refractivity contribution in [1.82, 2.24) is 15.3 Å². The quantitative estimate of drug-likeness (QED) is 0.359.